The summed E-state index contributed by atoms with van der Waals surface area (Å²) in [5.74, 6) is 0.571. The summed E-state index contributed by atoms with van der Waals surface area (Å²) in [6, 6.07) is 9.58. The molecule has 0 unspecified atom stereocenters. The molecule has 1 fully saturated rings. The van der Waals surface area contributed by atoms with Crippen molar-refractivity contribution in [3.8, 4) is 17.2 Å². The van der Waals surface area contributed by atoms with E-state index < -0.39 is 21.9 Å². The minimum Gasteiger partial charge on any atom is -0.493 e. The highest BCUT2D eigenvalue weighted by Gasteiger charge is 2.44. The molecule has 8 nitrogen and oxygen atoms in total. The first kappa shape index (κ1) is 27.1. The van der Waals surface area contributed by atoms with Gasteiger partial charge in [-0.1, -0.05) is 25.4 Å². The van der Waals surface area contributed by atoms with Crippen molar-refractivity contribution in [1.82, 2.24) is 9.62 Å². The molecule has 0 aromatic heterocycles. The van der Waals surface area contributed by atoms with Crippen molar-refractivity contribution < 1.29 is 27.4 Å². The van der Waals surface area contributed by atoms with Gasteiger partial charge in [-0.05, 0) is 54.3 Å². The summed E-state index contributed by atoms with van der Waals surface area (Å²) >= 11 is 5.95. The van der Waals surface area contributed by atoms with Crippen LogP contribution >= 0.6 is 11.6 Å². The molecule has 1 amide bonds. The Morgan fingerprint density at radius 3 is 2.17 bits per heavy atom. The highest BCUT2D eigenvalue weighted by molar-refractivity contribution is 7.89. The first-order valence-electron chi connectivity index (χ1n) is 11.5. The fraction of sp³-hybridized carbons (Fsp3) is 0.480. The van der Waals surface area contributed by atoms with Gasteiger partial charge in [0, 0.05) is 30.6 Å². The van der Waals surface area contributed by atoms with Crippen molar-refractivity contribution in [3.05, 3.63) is 47.0 Å². The summed E-state index contributed by atoms with van der Waals surface area (Å²) in [4.78, 5) is 13.4. The molecule has 1 aliphatic heterocycles. The average Bonchev–Trinajstić information content (AvgIpc) is 3.29. The third kappa shape index (κ3) is 6.02. The molecule has 0 bridgehead atoms. The molecule has 0 spiro atoms. The van der Waals surface area contributed by atoms with Crippen LogP contribution in [0.5, 0.6) is 17.2 Å². The number of carbonyl (C=O) groups is 1. The topological polar surface area (TPSA) is 94.2 Å². The van der Waals surface area contributed by atoms with E-state index in [-0.39, 0.29) is 23.9 Å². The number of sulfonamides is 1. The van der Waals surface area contributed by atoms with Gasteiger partial charge in [-0.2, -0.15) is 4.31 Å². The molecule has 0 aliphatic carbocycles. The van der Waals surface area contributed by atoms with Crippen LogP contribution in [0.3, 0.4) is 0 Å². The van der Waals surface area contributed by atoms with Gasteiger partial charge >= 0.3 is 0 Å². The van der Waals surface area contributed by atoms with E-state index in [1.165, 1.54) is 49.9 Å². The fourth-order valence-electron chi connectivity index (χ4n) is 4.25. The first-order valence-corrected chi connectivity index (χ1v) is 13.3. The third-order valence-corrected chi connectivity index (χ3v) is 8.31. The van der Waals surface area contributed by atoms with E-state index in [4.69, 9.17) is 25.8 Å². The van der Waals surface area contributed by atoms with E-state index in [0.29, 0.717) is 34.7 Å². The zero-order valence-electron chi connectivity index (χ0n) is 20.7. The number of hydrogen-bond donors (Lipinski definition) is 1. The smallest absolute Gasteiger partial charge is 0.243 e. The number of nitrogens with one attached hydrogen (secondary N) is 1. The number of ether oxygens (including phenoxy) is 3. The van der Waals surface area contributed by atoms with Gasteiger partial charge in [0.05, 0.1) is 32.1 Å². The van der Waals surface area contributed by atoms with Crippen LogP contribution in [0.2, 0.25) is 5.02 Å². The van der Waals surface area contributed by atoms with Crippen LogP contribution in [0.4, 0.5) is 0 Å². The Morgan fingerprint density at radius 1 is 1.06 bits per heavy atom. The van der Waals surface area contributed by atoms with Crippen molar-refractivity contribution in [2.75, 3.05) is 41.0 Å². The summed E-state index contributed by atoms with van der Waals surface area (Å²) in [6.07, 6.45) is 0.833. The van der Waals surface area contributed by atoms with Gasteiger partial charge in [0.2, 0.25) is 21.7 Å². The van der Waals surface area contributed by atoms with Crippen molar-refractivity contribution in [2.24, 2.45) is 11.8 Å². The minimum absolute atomic E-state index is 0.0554. The molecular weight excluding hydrogens is 492 g/mol. The number of amides is 1. The zero-order valence-corrected chi connectivity index (χ0v) is 22.3. The Kier molecular flexibility index (Phi) is 8.90. The molecule has 0 radical (unpaired) electrons. The molecule has 2 aromatic carbocycles. The summed E-state index contributed by atoms with van der Waals surface area (Å²) in [5.41, 5.74) is 0.734. The largest absolute Gasteiger partial charge is 0.493 e. The monoisotopic (exact) mass is 524 g/mol. The highest BCUT2D eigenvalue weighted by Crippen LogP contribution is 2.44. The molecule has 2 aromatic rings. The average molecular weight is 525 g/mol. The second-order valence-corrected chi connectivity index (χ2v) is 11.3. The summed E-state index contributed by atoms with van der Waals surface area (Å²) in [6.45, 7) is 4.88. The predicted molar refractivity (Wildman–Crippen MR) is 135 cm³/mol. The van der Waals surface area contributed by atoms with Gasteiger partial charge in [-0.3, -0.25) is 4.79 Å². The number of halogens is 1. The van der Waals surface area contributed by atoms with Crippen molar-refractivity contribution >= 4 is 27.5 Å². The normalized spacial score (nSPS) is 18.5. The number of methoxy groups -OCH3 is 3. The van der Waals surface area contributed by atoms with Crippen molar-refractivity contribution in [1.29, 1.82) is 0 Å². The molecule has 2 atom stereocenters. The summed E-state index contributed by atoms with van der Waals surface area (Å²) in [7, 11) is 0.715. The molecule has 10 heteroatoms. The molecule has 1 saturated heterocycles. The van der Waals surface area contributed by atoms with Gasteiger partial charge in [-0.25, -0.2) is 8.42 Å². The van der Waals surface area contributed by atoms with E-state index >= 15 is 0 Å². The van der Waals surface area contributed by atoms with Gasteiger partial charge in [0.15, 0.2) is 11.5 Å². The molecule has 0 saturated carbocycles. The maximum Gasteiger partial charge on any atom is 0.243 e. The zero-order chi connectivity index (χ0) is 25.8. The van der Waals surface area contributed by atoms with Crippen LogP contribution < -0.4 is 19.5 Å². The first-order chi connectivity index (χ1) is 16.6. The van der Waals surface area contributed by atoms with Gasteiger partial charge < -0.3 is 19.5 Å². The highest BCUT2D eigenvalue weighted by atomic mass is 35.5. The fourth-order valence-corrected chi connectivity index (χ4v) is 5.87. The quantitative estimate of drug-likeness (QED) is 0.506. The van der Waals surface area contributed by atoms with Crippen LogP contribution in [0.1, 0.15) is 31.7 Å². The van der Waals surface area contributed by atoms with Crippen LogP contribution in [0.15, 0.2) is 41.3 Å². The maximum atomic E-state index is 13.4. The number of rotatable bonds is 10. The molecular formula is C25H33ClN2O6S. The second kappa shape index (κ2) is 11.5. The minimum atomic E-state index is -3.83. The Balaban J connectivity index is 1.99. The maximum absolute atomic E-state index is 13.4. The number of hydrogen-bond acceptors (Lipinski definition) is 6. The Bertz CT molecular complexity index is 1110. The van der Waals surface area contributed by atoms with E-state index in [0.717, 1.165) is 12.0 Å². The van der Waals surface area contributed by atoms with Crippen molar-refractivity contribution in [2.45, 2.75) is 31.1 Å². The number of carbonyl (C=O) groups excluding carboxylic acids is 1. The van der Waals surface area contributed by atoms with Crippen LogP contribution in [-0.2, 0) is 14.8 Å². The lowest BCUT2D eigenvalue weighted by atomic mass is 9.87. The third-order valence-electron chi connectivity index (χ3n) is 6.21. The predicted octanol–water partition coefficient (Wildman–Crippen LogP) is 3.93. The summed E-state index contributed by atoms with van der Waals surface area (Å²) in [5, 5.41) is 3.44. The number of nitrogens with zero attached hydrogens (tertiary/aromatic N) is 1. The molecule has 35 heavy (non-hydrogen) atoms. The van der Waals surface area contributed by atoms with Crippen LogP contribution in [0.25, 0.3) is 0 Å². The molecule has 1 N–H and O–H groups in total. The van der Waals surface area contributed by atoms with Crippen LogP contribution in [0, 0.1) is 11.8 Å². The van der Waals surface area contributed by atoms with Crippen molar-refractivity contribution in [3.63, 3.8) is 0 Å². The Labute approximate surface area is 212 Å². The van der Waals surface area contributed by atoms with E-state index in [9.17, 15) is 13.2 Å². The molecule has 3 rings (SSSR count). The molecule has 1 aliphatic rings. The Morgan fingerprint density at radius 2 is 1.66 bits per heavy atom. The van der Waals surface area contributed by atoms with E-state index in [1.54, 1.807) is 12.1 Å². The molecule has 192 valence electrons. The SMILES string of the molecule is COc1cc([C@@H]2CN(S(=O)(=O)c3ccc(Cl)cc3)C[C@@H]2C(=O)NCCC(C)C)cc(OC)c1OC. The van der Waals surface area contributed by atoms with E-state index in [2.05, 4.69) is 19.2 Å². The van der Waals surface area contributed by atoms with Gasteiger partial charge in [0.25, 0.3) is 0 Å². The Hall–Kier alpha value is -2.49. The lowest BCUT2D eigenvalue weighted by Gasteiger charge is -2.21. The number of benzene rings is 2. The molecule has 1 heterocycles. The standard InChI is InChI=1S/C25H33ClN2O6S/c1-16(2)10-11-27-25(29)21-15-28(35(30,31)19-8-6-18(26)7-9-19)14-20(21)17-12-22(32-3)24(34-5)23(13-17)33-4/h6-9,12-13,16,20-21H,10-11,14-15H2,1-5H3,(H,27,29)/t20-,21-/m0/s1. The lowest BCUT2D eigenvalue weighted by Crippen LogP contribution is -2.36. The lowest BCUT2D eigenvalue weighted by molar-refractivity contribution is -0.124. The second-order valence-electron chi connectivity index (χ2n) is 8.92. The summed E-state index contributed by atoms with van der Waals surface area (Å²) < 4.78 is 44.6. The van der Waals surface area contributed by atoms with Crippen LogP contribution in [-0.4, -0.2) is 59.6 Å². The van der Waals surface area contributed by atoms with Gasteiger partial charge in [0.1, 0.15) is 0 Å². The van der Waals surface area contributed by atoms with E-state index in [1.807, 2.05) is 0 Å². The van der Waals surface area contributed by atoms with Gasteiger partial charge in [-0.15, -0.1) is 0 Å².